The summed E-state index contributed by atoms with van der Waals surface area (Å²) in [4.78, 5) is 15.6. The highest BCUT2D eigenvalue weighted by Crippen LogP contribution is 2.21. The quantitative estimate of drug-likeness (QED) is 0.523. The molecule has 0 saturated carbocycles. The van der Waals surface area contributed by atoms with Crippen molar-refractivity contribution in [2.75, 3.05) is 6.54 Å². The first kappa shape index (κ1) is 17.6. The number of pyridine rings is 1. The number of aryl methyl sites for hydroxylation is 1. The molecule has 0 bridgehead atoms. The molecule has 0 unspecified atom stereocenters. The molecule has 0 aliphatic rings. The van der Waals surface area contributed by atoms with E-state index in [1.54, 1.807) is 24.3 Å². The first-order valence-corrected chi connectivity index (χ1v) is 8.40. The zero-order valence-corrected chi connectivity index (χ0v) is 14.2. The van der Waals surface area contributed by atoms with Crippen molar-refractivity contribution in [2.24, 2.45) is 0 Å². The molecular formula is C21H19FN2O2. The number of amides is 1. The fraction of sp³-hybridized carbons (Fsp3) is 0.143. The number of nitrogens with one attached hydrogen (secondary N) is 1. The van der Waals surface area contributed by atoms with Gasteiger partial charge in [0.2, 0.25) is 5.95 Å². The number of hydrogen-bond acceptors (Lipinski definition) is 3. The smallest absolute Gasteiger partial charge is 0.251 e. The Hall–Kier alpha value is -3.21. The van der Waals surface area contributed by atoms with E-state index in [1.807, 2.05) is 24.3 Å². The van der Waals surface area contributed by atoms with Crippen LogP contribution in [0.2, 0.25) is 0 Å². The second-order valence-electron chi connectivity index (χ2n) is 5.95. The minimum Gasteiger partial charge on any atom is -0.508 e. The maximum Gasteiger partial charge on any atom is 0.251 e. The molecule has 0 fully saturated rings. The van der Waals surface area contributed by atoms with Crippen LogP contribution in [-0.4, -0.2) is 22.5 Å². The molecule has 0 atom stereocenters. The molecule has 2 N–H and O–H groups in total. The lowest BCUT2D eigenvalue weighted by atomic mass is 10.0. The molecule has 0 radical (unpaired) electrons. The van der Waals surface area contributed by atoms with Gasteiger partial charge in [-0.25, -0.2) is 4.98 Å². The van der Waals surface area contributed by atoms with Crippen LogP contribution < -0.4 is 5.32 Å². The number of aromatic hydroxyl groups is 1. The molecule has 3 rings (SSSR count). The van der Waals surface area contributed by atoms with Gasteiger partial charge in [-0.3, -0.25) is 4.79 Å². The molecule has 1 aromatic heterocycles. The predicted molar refractivity (Wildman–Crippen MR) is 98.4 cm³/mol. The highest BCUT2D eigenvalue weighted by atomic mass is 19.1. The SMILES string of the molecule is O=C(NCCCc1ccc(-c2cccnc2F)cc1)c1ccc(O)cc1. The predicted octanol–water partition coefficient (Wildman–Crippen LogP) is 3.96. The Bertz CT molecular complexity index is 877. The van der Waals surface area contributed by atoms with Gasteiger partial charge in [0.15, 0.2) is 0 Å². The summed E-state index contributed by atoms with van der Waals surface area (Å²) in [6.07, 6.45) is 3.04. The largest absolute Gasteiger partial charge is 0.508 e. The molecule has 0 aliphatic carbocycles. The zero-order chi connectivity index (χ0) is 18.4. The number of hydrogen-bond donors (Lipinski definition) is 2. The van der Waals surface area contributed by atoms with E-state index in [9.17, 15) is 14.3 Å². The number of phenolic OH excluding ortho intramolecular Hbond substituents is 1. The lowest BCUT2D eigenvalue weighted by Gasteiger charge is -2.07. The van der Waals surface area contributed by atoms with E-state index in [2.05, 4.69) is 10.3 Å². The van der Waals surface area contributed by atoms with Crippen molar-refractivity contribution in [1.82, 2.24) is 10.3 Å². The van der Waals surface area contributed by atoms with Crippen LogP contribution in [0.15, 0.2) is 66.9 Å². The molecule has 3 aromatic rings. The Morgan fingerprint density at radius 1 is 1.04 bits per heavy atom. The van der Waals surface area contributed by atoms with E-state index in [0.29, 0.717) is 17.7 Å². The van der Waals surface area contributed by atoms with Gasteiger partial charge in [-0.2, -0.15) is 4.39 Å². The fourth-order valence-corrected chi connectivity index (χ4v) is 2.66. The number of carbonyl (C=O) groups excluding carboxylic acids is 1. The minimum atomic E-state index is -0.475. The maximum atomic E-state index is 13.7. The zero-order valence-electron chi connectivity index (χ0n) is 14.2. The van der Waals surface area contributed by atoms with Crippen LogP contribution in [0, 0.1) is 5.95 Å². The van der Waals surface area contributed by atoms with Gasteiger partial charge in [-0.1, -0.05) is 24.3 Å². The number of aromatic nitrogens is 1. The highest BCUT2D eigenvalue weighted by Gasteiger charge is 2.06. The highest BCUT2D eigenvalue weighted by molar-refractivity contribution is 5.94. The molecule has 0 aliphatic heterocycles. The van der Waals surface area contributed by atoms with Crippen LogP contribution in [-0.2, 0) is 6.42 Å². The third-order valence-corrected chi connectivity index (χ3v) is 4.08. The van der Waals surface area contributed by atoms with Crippen LogP contribution in [0.4, 0.5) is 4.39 Å². The maximum absolute atomic E-state index is 13.7. The van der Waals surface area contributed by atoms with E-state index in [4.69, 9.17) is 0 Å². The van der Waals surface area contributed by atoms with E-state index in [-0.39, 0.29) is 11.7 Å². The summed E-state index contributed by atoms with van der Waals surface area (Å²) in [5.74, 6) is -0.499. The summed E-state index contributed by atoms with van der Waals surface area (Å²) in [6, 6.07) is 17.2. The van der Waals surface area contributed by atoms with Gasteiger partial charge in [-0.15, -0.1) is 0 Å². The lowest BCUT2D eigenvalue weighted by Crippen LogP contribution is -2.24. The normalized spacial score (nSPS) is 10.5. The first-order valence-electron chi connectivity index (χ1n) is 8.40. The monoisotopic (exact) mass is 350 g/mol. The summed E-state index contributed by atoms with van der Waals surface area (Å²) in [6.45, 7) is 0.554. The van der Waals surface area contributed by atoms with Gasteiger partial charge in [0.25, 0.3) is 5.91 Å². The molecule has 1 amide bonds. The van der Waals surface area contributed by atoms with Crippen LogP contribution in [0.3, 0.4) is 0 Å². The second-order valence-corrected chi connectivity index (χ2v) is 5.95. The minimum absolute atomic E-state index is 0.135. The van der Waals surface area contributed by atoms with Crippen LogP contribution in [0.5, 0.6) is 5.75 Å². The standard InChI is InChI=1S/C21H19FN2O2/c22-20-19(4-2-13-23-20)16-7-5-15(6-8-16)3-1-14-24-21(26)17-9-11-18(25)12-10-17/h2,4-13,25H,1,3,14H2,(H,24,26). The molecule has 132 valence electrons. The number of phenols is 1. The average molecular weight is 350 g/mol. The van der Waals surface area contributed by atoms with Gasteiger partial charge < -0.3 is 10.4 Å². The molecule has 0 spiro atoms. The molecule has 5 heteroatoms. The lowest BCUT2D eigenvalue weighted by molar-refractivity contribution is 0.0953. The number of carbonyl (C=O) groups is 1. The van der Waals surface area contributed by atoms with Gasteiger partial charge in [-0.05, 0) is 60.4 Å². The summed E-state index contributed by atoms with van der Waals surface area (Å²) in [5.41, 5.74) is 2.92. The third kappa shape index (κ3) is 4.45. The topological polar surface area (TPSA) is 62.2 Å². The van der Waals surface area contributed by atoms with Crippen LogP contribution in [0.1, 0.15) is 22.3 Å². The molecular weight excluding hydrogens is 331 g/mol. The fourth-order valence-electron chi connectivity index (χ4n) is 2.66. The van der Waals surface area contributed by atoms with Crippen molar-refractivity contribution in [2.45, 2.75) is 12.8 Å². The Kier molecular flexibility index (Phi) is 5.59. The van der Waals surface area contributed by atoms with Gasteiger partial charge >= 0.3 is 0 Å². The van der Waals surface area contributed by atoms with E-state index in [0.717, 1.165) is 24.0 Å². The number of rotatable bonds is 6. The first-order chi connectivity index (χ1) is 12.6. The summed E-state index contributed by atoms with van der Waals surface area (Å²) >= 11 is 0. The van der Waals surface area contributed by atoms with Gasteiger partial charge in [0.1, 0.15) is 5.75 Å². The van der Waals surface area contributed by atoms with E-state index >= 15 is 0 Å². The van der Waals surface area contributed by atoms with Crippen molar-refractivity contribution in [1.29, 1.82) is 0 Å². The molecule has 4 nitrogen and oxygen atoms in total. The van der Waals surface area contributed by atoms with Crippen molar-refractivity contribution < 1.29 is 14.3 Å². The molecule has 0 saturated heterocycles. The van der Waals surface area contributed by atoms with Crippen LogP contribution >= 0.6 is 0 Å². The molecule has 2 aromatic carbocycles. The third-order valence-electron chi connectivity index (χ3n) is 4.08. The van der Waals surface area contributed by atoms with Crippen LogP contribution in [0.25, 0.3) is 11.1 Å². The summed E-state index contributed by atoms with van der Waals surface area (Å²) in [7, 11) is 0. The molecule has 1 heterocycles. The van der Waals surface area contributed by atoms with Gasteiger partial charge in [0.05, 0.1) is 0 Å². The Morgan fingerprint density at radius 2 is 1.77 bits per heavy atom. The Labute approximate surface area is 151 Å². The van der Waals surface area contributed by atoms with Crippen molar-refractivity contribution in [3.05, 3.63) is 83.9 Å². The summed E-state index contributed by atoms with van der Waals surface area (Å²) in [5, 5.41) is 12.1. The summed E-state index contributed by atoms with van der Waals surface area (Å²) < 4.78 is 13.7. The average Bonchev–Trinajstić information content (AvgIpc) is 2.67. The second kappa shape index (κ2) is 8.25. The van der Waals surface area contributed by atoms with Crippen molar-refractivity contribution >= 4 is 5.91 Å². The van der Waals surface area contributed by atoms with Crippen molar-refractivity contribution in [3.8, 4) is 16.9 Å². The van der Waals surface area contributed by atoms with Gasteiger partial charge in [0, 0.05) is 23.9 Å². The number of benzene rings is 2. The number of halogens is 1. The van der Waals surface area contributed by atoms with E-state index < -0.39 is 5.95 Å². The van der Waals surface area contributed by atoms with Crippen molar-refractivity contribution in [3.63, 3.8) is 0 Å². The Balaban J connectivity index is 1.49. The molecule has 26 heavy (non-hydrogen) atoms. The Morgan fingerprint density at radius 3 is 2.46 bits per heavy atom. The number of nitrogens with zero attached hydrogens (tertiary/aromatic N) is 1. The van der Waals surface area contributed by atoms with E-state index in [1.165, 1.54) is 18.3 Å².